The largest absolute Gasteiger partial charge is 0.376 e. The van der Waals surface area contributed by atoms with Crippen LogP contribution in [0.3, 0.4) is 0 Å². The van der Waals surface area contributed by atoms with Crippen molar-refractivity contribution in [2.45, 2.75) is 12.8 Å². The first-order chi connectivity index (χ1) is 8.58. The maximum absolute atomic E-state index is 11.0. The number of nitrogens with two attached hydrogens (primary N) is 1. The molecule has 0 saturated heterocycles. The third-order valence-electron chi connectivity index (χ3n) is 2.82. The lowest BCUT2D eigenvalue weighted by molar-refractivity contribution is -0.121. The molecule has 0 radical (unpaired) electrons. The van der Waals surface area contributed by atoms with Crippen LogP contribution in [0, 0.1) is 0 Å². The predicted molar refractivity (Wildman–Crippen MR) is 75.5 cm³/mol. The van der Waals surface area contributed by atoms with Crippen LogP contribution in [0.1, 0.15) is 18.4 Å². The Bertz CT molecular complexity index is 509. The second-order valence-electron chi connectivity index (χ2n) is 4.04. The van der Waals surface area contributed by atoms with Crippen molar-refractivity contribution in [2.24, 2.45) is 10.8 Å². The van der Waals surface area contributed by atoms with Crippen molar-refractivity contribution >= 4 is 34.6 Å². The molecule has 2 rings (SSSR count). The van der Waals surface area contributed by atoms with Crippen molar-refractivity contribution in [3.63, 3.8) is 0 Å². The zero-order valence-electron chi connectivity index (χ0n) is 10.0. The van der Waals surface area contributed by atoms with E-state index in [1.54, 1.807) is 4.90 Å². The van der Waals surface area contributed by atoms with Crippen LogP contribution in [0.15, 0.2) is 29.4 Å². The Hall–Kier alpha value is -1.95. The van der Waals surface area contributed by atoms with Crippen LogP contribution in [0.5, 0.6) is 0 Å². The number of benzene rings is 1. The molecule has 94 valence electrons. The molecular formula is C12H14N4OS. The molecule has 3 N–H and O–H groups in total. The third kappa shape index (κ3) is 2.65. The van der Waals surface area contributed by atoms with Crippen molar-refractivity contribution < 1.29 is 4.79 Å². The maximum Gasteiger partial charge on any atom is 0.240 e. The van der Waals surface area contributed by atoms with Crippen LogP contribution in [0.4, 0.5) is 5.69 Å². The lowest BCUT2D eigenvalue weighted by atomic mass is 10.0. The van der Waals surface area contributed by atoms with Gasteiger partial charge in [0.05, 0.1) is 5.71 Å². The quantitative estimate of drug-likeness (QED) is 0.779. The van der Waals surface area contributed by atoms with Crippen molar-refractivity contribution in [3.8, 4) is 0 Å². The number of nitrogens with zero attached hydrogens (tertiary/aromatic N) is 2. The van der Waals surface area contributed by atoms with Crippen molar-refractivity contribution in [3.05, 3.63) is 29.8 Å². The Morgan fingerprint density at radius 3 is 2.56 bits per heavy atom. The highest BCUT2D eigenvalue weighted by Gasteiger charge is 2.13. The van der Waals surface area contributed by atoms with Gasteiger partial charge in [0.25, 0.3) is 0 Å². The molecule has 0 fully saturated rings. The summed E-state index contributed by atoms with van der Waals surface area (Å²) in [5, 5.41) is 4.37. The van der Waals surface area contributed by atoms with Gasteiger partial charge in [0.1, 0.15) is 0 Å². The molecule has 0 bridgehead atoms. The van der Waals surface area contributed by atoms with Gasteiger partial charge in [-0.15, -0.1) is 0 Å². The van der Waals surface area contributed by atoms with Gasteiger partial charge in [0.2, 0.25) is 5.91 Å². The molecule has 1 aliphatic heterocycles. The summed E-state index contributed by atoms with van der Waals surface area (Å²) in [5.74, 6) is -0.0383. The topological polar surface area (TPSA) is 70.7 Å². The van der Waals surface area contributed by atoms with Gasteiger partial charge in [-0.05, 0) is 29.9 Å². The summed E-state index contributed by atoms with van der Waals surface area (Å²) in [6.45, 7) is 0. The standard InChI is InChI=1S/C12H14N4OS/c1-16(12(13)18)9-4-2-8(3-5-9)10-6-7-11(17)15-14-10/h2-5H,6-7H2,1H3,(H2,13,18)(H,15,17). The monoisotopic (exact) mass is 262 g/mol. The number of rotatable bonds is 2. The number of amides is 1. The molecule has 1 aromatic carbocycles. The van der Waals surface area contributed by atoms with Gasteiger partial charge in [-0.2, -0.15) is 5.10 Å². The molecule has 0 unspecified atom stereocenters. The highest BCUT2D eigenvalue weighted by atomic mass is 32.1. The normalized spacial score (nSPS) is 14.7. The predicted octanol–water partition coefficient (Wildman–Crippen LogP) is 0.980. The Balaban J connectivity index is 2.18. The van der Waals surface area contributed by atoms with E-state index in [1.165, 1.54) is 0 Å². The molecule has 0 aromatic heterocycles. The number of carbonyl (C=O) groups excluding carboxylic acids is 1. The van der Waals surface area contributed by atoms with E-state index < -0.39 is 0 Å². The van der Waals surface area contributed by atoms with E-state index in [0.717, 1.165) is 17.0 Å². The highest BCUT2D eigenvalue weighted by Crippen LogP contribution is 2.16. The van der Waals surface area contributed by atoms with E-state index in [-0.39, 0.29) is 5.91 Å². The molecule has 0 saturated carbocycles. The zero-order valence-corrected chi connectivity index (χ0v) is 10.8. The molecule has 1 aliphatic rings. The molecule has 5 nitrogen and oxygen atoms in total. The molecule has 0 atom stereocenters. The van der Waals surface area contributed by atoms with Crippen LogP contribution < -0.4 is 16.1 Å². The fourth-order valence-electron chi connectivity index (χ4n) is 1.69. The number of thiocarbonyl (C=S) groups is 1. The SMILES string of the molecule is CN(C(N)=S)c1ccc(C2=NNC(=O)CC2)cc1. The summed E-state index contributed by atoms with van der Waals surface area (Å²) in [6.07, 6.45) is 1.14. The van der Waals surface area contributed by atoms with E-state index in [4.69, 9.17) is 18.0 Å². The minimum atomic E-state index is -0.0383. The van der Waals surface area contributed by atoms with Gasteiger partial charge < -0.3 is 10.6 Å². The minimum Gasteiger partial charge on any atom is -0.376 e. The molecule has 0 spiro atoms. The van der Waals surface area contributed by atoms with Gasteiger partial charge in [-0.25, -0.2) is 5.43 Å². The number of hydrogen-bond acceptors (Lipinski definition) is 3. The maximum atomic E-state index is 11.0. The van der Waals surface area contributed by atoms with E-state index >= 15 is 0 Å². The highest BCUT2D eigenvalue weighted by molar-refractivity contribution is 7.80. The summed E-state index contributed by atoms with van der Waals surface area (Å²) in [4.78, 5) is 12.7. The molecule has 6 heteroatoms. The second kappa shape index (κ2) is 5.14. The fourth-order valence-corrected chi connectivity index (χ4v) is 1.79. The number of hydrazone groups is 1. The number of anilines is 1. The van der Waals surface area contributed by atoms with Gasteiger partial charge >= 0.3 is 0 Å². The smallest absolute Gasteiger partial charge is 0.240 e. The van der Waals surface area contributed by atoms with Crippen molar-refractivity contribution in [2.75, 3.05) is 11.9 Å². The van der Waals surface area contributed by atoms with E-state index in [9.17, 15) is 4.79 Å². The summed E-state index contributed by atoms with van der Waals surface area (Å²) in [7, 11) is 1.82. The zero-order chi connectivity index (χ0) is 13.1. The van der Waals surface area contributed by atoms with Gasteiger partial charge in [0, 0.05) is 25.6 Å². The average Bonchev–Trinajstić information content (AvgIpc) is 2.39. The summed E-state index contributed by atoms with van der Waals surface area (Å²) < 4.78 is 0. The summed E-state index contributed by atoms with van der Waals surface area (Å²) in [5.41, 5.74) is 10.8. The van der Waals surface area contributed by atoms with Crippen LogP contribution in [-0.4, -0.2) is 23.8 Å². The summed E-state index contributed by atoms with van der Waals surface area (Å²) in [6, 6.07) is 7.74. The Morgan fingerprint density at radius 2 is 2.06 bits per heavy atom. The van der Waals surface area contributed by atoms with Crippen molar-refractivity contribution in [1.29, 1.82) is 0 Å². The lowest BCUT2D eigenvalue weighted by Gasteiger charge is -2.18. The number of nitrogens with one attached hydrogen (secondary N) is 1. The number of carbonyl (C=O) groups is 1. The van der Waals surface area contributed by atoms with Crippen LogP contribution >= 0.6 is 12.2 Å². The average molecular weight is 262 g/mol. The molecular weight excluding hydrogens is 248 g/mol. The first-order valence-corrected chi connectivity index (χ1v) is 5.98. The van der Waals surface area contributed by atoms with Gasteiger partial charge in [-0.3, -0.25) is 4.79 Å². The van der Waals surface area contributed by atoms with Crippen LogP contribution in [0.25, 0.3) is 0 Å². The molecule has 0 aliphatic carbocycles. The molecule has 1 amide bonds. The van der Waals surface area contributed by atoms with Gasteiger partial charge in [-0.1, -0.05) is 12.1 Å². The second-order valence-corrected chi connectivity index (χ2v) is 4.46. The number of hydrogen-bond donors (Lipinski definition) is 2. The van der Waals surface area contributed by atoms with Crippen LogP contribution in [-0.2, 0) is 4.79 Å². The first kappa shape index (κ1) is 12.5. The Morgan fingerprint density at radius 1 is 1.39 bits per heavy atom. The van der Waals surface area contributed by atoms with E-state index in [1.807, 2.05) is 31.3 Å². The van der Waals surface area contributed by atoms with E-state index in [0.29, 0.717) is 18.0 Å². The third-order valence-corrected chi connectivity index (χ3v) is 3.10. The Labute approximate surface area is 111 Å². The molecule has 18 heavy (non-hydrogen) atoms. The first-order valence-electron chi connectivity index (χ1n) is 5.57. The molecule has 1 aromatic rings. The van der Waals surface area contributed by atoms with Crippen molar-refractivity contribution in [1.82, 2.24) is 5.43 Å². The van der Waals surface area contributed by atoms with Crippen LogP contribution in [0.2, 0.25) is 0 Å². The fraction of sp³-hybridized carbons (Fsp3) is 0.250. The lowest BCUT2D eigenvalue weighted by Crippen LogP contribution is -2.31. The summed E-state index contributed by atoms with van der Waals surface area (Å²) >= 11 is 4.90. The minimum absolute atomic E-state index is 0.0383. The van der Waals surface area contributed by atoms with Gasteiger partial charge in [0.15, 0.2) is 5.11 Å². The Kier molecular flexibility index (Phi) is 3.57. The van der Waals surface area contributed by atoms with E-state index in [2.05, 4.69) is 10.5 Å². The molecule has 1 heterocycles.